The van der Waals surface area contributed by atoms with Crippen LogP contribution in [-0.2, 0) is 0 Å². The number of nitrogens with zero attached hydrogens (tertiary/aromatic N) is 1. The highest BCUT2D eigenvalue weighted by molar-refractivity contribution is 5.80. The Morgan fingerprint density at radius 3 is 1.86 bits per heavy atom. The molecule has 3 nitrogen and oxygen atoms in total. The lowest BCUT2D eigenvalue weighted by Crippen LogP contribution is -2.06. The van der Waals surface area contributed by atoms with Crippen molar-refractivity contribution in [3.8, 4) is 5.75 Å². The van der Waals surface area contributed by atoms with Crippen LogP contribution in [0.4, 0.5) is 27.6 Å². The third-order valence-corrected chi connectivity index (χ3v) is 2.72. The molecule has 0 aliphatic heterocycles. The molecule has 0 heterocycles. The number of hydrazone groups is 1. The molecule has 0 saturated heterocycles. The Morgan fingerprint density at radius 1 is 0.864 bits per heavy atom. The minimum Gasteiger partial charge on any atom is -0.497 e. The first-order valence-electron chi connectivity index (χ1n) is 5.90. The maximum absolute atomic E-state index is 13.4. The normalized spacial score (nSPS) is 11.0. The number of methoxy groups -OCH3 is 1. The first kappa shape index (κ1) is 15.7. The van der Waals surface area contributed by atoms with Crippen molar-refractivity contribution in [1.82, 2.24) is 0 Å². The number of nitrogens with one attached hydrogen (secondary N) is 1. The zero-order valence-electron chi connectivity index (χ0n) is 11.1. The van der Waals surface area contributed by atoms with E-state index in [1.807, 2.05) is 5.43 Å². The van der Waals surface area contributed by atoms with Gasteiger partial charge in [0.15, 0.2) is 23.3 Å². The molecular weight excluding hydrogens is 307 g/mol. The molecule has 0 unspecified atom stereocenters. The minimum atomic E-state index is -2.22. The molecule has 2 aromatic rings. The Balaban J connectivity index is 2.22. The Hall–Kier alpha value is -2.64. The molecule has 1 N–H and O–H groups in total. The largest absolute Gasteiger partial charge is 0.497 e. The van der Waals surface area contributed by atoms with E-state index < -0.39 is 34.8 Å². The summed E-state index contributed by atoms with van der Waals surface area (Å²) in [5.41, 5.74) is 1.11. The number of anilines is 1. The lowest BCUT2D eigenvalue weighted by Gasteiger charge is -2.07. The molecule has 0 spiro atoms. The molecule has 22 heavy (non-hydrogen) atoms. The highest BCUT2D eigenvalue weighted by Gasteiger charge is 2.25. The van der Waals surface area contributed by atoms with Gasteiger partial charge >= 0.3 is 0 Å². The Bertz CT molecular complexity index is 687. The summed E-state index contributed by atoms with van der Waals surface area (Å²) in [7, 11) is 1.48. The van der Waals surface area contributed by atoms with Crippen LogP contribution in [0.2, 0.25) is 0 Å². The topological polar surface area (TPSA) is 33.6 Å². The van der Waals surface area contributed by atoms with Gasteiger partial charge in [-0.3, -0.25) is 5.43 Å². The van der Waals surface area contributed by atoms with Gasteiger partial charge in [0.2, 0.25) is 5.82 Å². The lowest BCUT2D eigenvalue weighted by atomic mass is 10.2. The third kappa shape index (κ3) is 3.00. The summed E-state index contributed by atoms with van der Waals surface area (Å²) in [5.74, 6) is -9.68. The monoisotopic (exact) mass is 316 g/mol. The van der Waals surface area contributed by atoms with E-state index in [1.54, 1.807) is 24.3 Å². The molecule has 0 amide bonds. The highest BCUT2D eigenvalue weighted by Crippen LogP contribution is 2.27. The van der Waals surface area contributed by atoms with E-state index in [9.17, 15) is 22.0 Å². The molecule has 0 atom stereocenters. The van der Waals surface area contributed by atoms with Crippen LogP contribution in [0.15, 0.2) is 29.4 Å². The van der Waals surface area contributed by atoms with E-state index in [0.29, 0.717) is 11.3 Å². The molecular formula is C14H9F5N2O. The molecule has 0 aliphatic carbocycles. The van der Waals surface area contributed by atoms with E-state index in [0.717, 1.165) is 6.21 Å². The van der Waals surface area contributed by atoms with Crippen LogP contribution >= 0.6 is 0 Å². The van der Waals surface area contributed by atoms with Crippen LogP contribution in [0, 0.1) is 29.1 Å². The number of rotatable bonds is 4. The van der Waals surface area contributed by atoms with Crippen molar-refractivity contribution in [2.45, 2.75) is 0 Å². The second-order valence-corrected chi connectivity index (χ2v) is 4.09. The summed E-state index contributed by atoms with van der Waals surface area (Å²) in [4.78, 5) is 0. The van der Waals surface area contributed by atoms with Gasteiger partial charge in [0, 0.05) is 0 Å². The van der Waals surface area contributed by atoms with Crippen molar-refractivity contribution in [3.05, 3.63) is 58.9 Å². The van der Waals surface area contributed by atoms with Gasteiger partial charge < -0.3 is 4.74 Å². The zero-order chi connectivity index (χ0) is 16.3. The quantitative estimate of drug-likeness (QED) is 0.306. The van der Waals surface area contributed by atoms with Crippen molar-refractivity contribution >= 4 is 11.9 Å². The van der Waals surface area contributed by atoms with Gasteiger partial charge in [-0.05, 0) is 29.8 Å². The van der Waals surface area contributed by atoms with Crippen LogP contribution in [-0.4, -0.2) is 13.3 Å². The molecule has 0 aromatic heterocycles. The van der Waals surface area contributed by atoms with E-state index in [1.165, 1.54) is 7.11 Å². The predicted molar refractivity (Wildman–Crippen MR) is 70.4 cm³/mol. The third-order valence-electron chi connectivity index (χ3n) is 2.72. The van der Waals surface area contributed by atoms with Crippen molar-refractivity contribution in [3.63, 3.8) is 0 Å². The second kappa shape index (κ2) is 6.42. The van der Waals surface area contributed by atoms with Gasteiger partial charge in [-0.15, -0.1) is 0 Å². The Labute approximate surface area is 122 Å². The summed E-state index contributed by atoms with van der Waals surface area (Å²) in [5, 5.41) is 3.45. The average Bonchev–Trinajstić information content (AvgIpc) is 2.55. The number of ether oxygens (including phenoxy) is 1. The summed E-state index contributed by atoms with van der Waals surface area (Å²) in [6.07, 6.45) is 1.15. The number of hydrogen-bond donors (Lipinski definition) is 1. The predicted octanol–water partition coefficient (Wildman–Crippen LogP) is 3.84. The van der Waals surface area contributed by atoms with Crippen molar-refractivity contribution < 1.29 is 26.7 Å². The number of hydrogen-bond acceptors (Lipinski definition) is 3. The van der Waals surface area contributed by atoms with Crippen LogP contribution in [0.5, 0.6) is 5.75 Å². The van der Waals surface area contributed by atoms with Crippen LogP contribution in [0.1, 0.15) is 5.56 Å². The molecule has 0 saturated carbocycles. The summed E-state index contributed by atoms with van der Waals surface area (Å²) >= 11 is 0. The van der Waals surface area contributed by atoms with Crippen molar-refractivity contribution in [2.24, 2.45) is 5.10 Å². The smallest absolute Gasteiger partial charge is 0.200 e. The molecule has 0 fully saturated rings. The summed E-state index contributed by atoms with van der Waals surface area (Å²) < 4.78 is 70.4. The minimum absolute atomic E-state index is 0.525. The average molecular weight is 316 g/mol. The number of benzene rings is 2. The molecule has 116 valence electrons. The molecule has 0 radical (unpaired) electrons. The zero-order valence-corrected chi connectivity index (χ0v) is 11.1. The van der Waals surface area contributed by atoms with E-state index >= 15 is 0 Å². The molecule has 0 aliphatic rings. The first-order valence-corrected chi connectivity index (χ1v) is 5.90. The molecule has 0 bridgehead atoms. The second-order valence-electron chi connectivity index (χ2n) is 4.09. The van der Waals surface area contributed by atoms with E-state index in [2.05, 4.69) is 5.10 Å². The van der Waals surface area contributed by atoms with Gasteiger partial charge in [0.25, 0.3) is 0 Å². The number of halogens is 5. The van der Waals surface area contributed by atoms with E-state index in [-0.39, 0.29) is 0 Å². The van der Waals surface area contributed by atoms with Crippen molar-refractivity contribution in [2.75, 3.05) is 12.5 Å². The summed E-state index contributed by atoms with van der Waals surface area (Å²) in [6.45, 7) is 0. The molecule has 2 rings (SSSR count). The Morgan fingerprint density at radius 2 is 1.36 bits per heavy atom. The van der Waals surface area contributed by atoms with Crippen LogP contribution in [0.3, 0.4) is 0 Å². The van der Waals surface area contributed by atoms with E-state index in [4.69, 9.17) is 4.74 Å². The fourth-order valence-corrected chi connectivity index (χ4v) is 1.56. The van der Waals surface area contributed by atoms with Crippen LogP contribution < -0.4 is 10.2 Å². The maximum atomic E-state index is 13.4. The van der Waals surface area contributed by atoms with Gasteiger partial charge in [-0.2, -0.15) is 5.10 Å². The fraction of sp³-hybridized carbons (Fsp3) is 0.0714. The molecule has 8 heteroatoms. The van der Waals surface area contributed by atoms with Gasteiger partial charge in [0.1, 0.15) is 11.4 Å². The standard InChI is InChI=1S/C14H9F5N2O/c1-22-8-4-2-7(3-5-8)6-20-21-14-12(18)10(16)9(15)11(17)13(14)19/h2-6,21H,1H3/b20-6+. The van der Waals surface area contributed by atoms with Gasteiger partial charge in [0.05, 0.1) is 13.3 Å². The van der Waals surface area contributed by atoms with Crippen LogP contribution in [0.25, 0.3) is 0 Å². The van der Waals surface area contributed by atoms with Crippen molar-refractivity contribution in [1.29, 1.82) is 0 Å². The lowest BCUT2D eigenvalue weighted by molar-refractivity contribution is 0.381. The highest BCUT2D eigenvalue weighted by atomic mass is 19.2. The fourth-order valence-electron chi connectivity index (χ4n) is 1.56. The van der Waals surface area contributed by atoms with Gasteiger partial charge in [-0.1, -0.05) is 0 Å². The maximum Gasteiger partial charge on any atom is 0.200 e. The summed E-state index contributed by atoms with van der Waals surface area (Å²) in [6, 6.07) is 6.39. The Kier molecular flexibility index (Phi) is 4.59. The molecule has 2 aromatic carbocycles. The SMILES string of the molecule is COc1ccc(/C=N/Nc2c(F)c(F)c(F)c(F)c2F)cc1. The first-order chi connectivity index (χ1) is 10.5. The van der Waals surface area contributed by atoms with Gasteiger partial charge in [-0.25, -0.2) is 22.0 Å².